The van der Waals surface area contributed by atoms with Crippen LogP contribution in [0.15, 0.2) is 36.4 Å². The molecule has 0 saturated carbocycles. The third-order valence-electron chi connectivity index (χ3n) is 6.71. The summed E-state index contributed by atoms with van der Waals surface area (Å²) in [6, 6.07) is 12.7. The lowest BCUT2D eigenvalue weighted by molar-refractivity contribution is 0.0626. The highest BCUT2D eigenvalue weighted by Crippen LogP contribution is 2.33. The summed E-state index contributed by atoms with van der Waals surface area (Å²) in [5, 5.41) is 7.58. The number of nitrogens with zero attached hydrogens (tertiary/aromatic N) is 4. The quantitative estimate of drug-likeness (QED) is 0.728. The summed E-state index contributed by atoms with van der Waals surface area (Å²) < 4.78 is 2.37. The second-order valence-corrected chi connectivity index (χ2v) is 8.48. The molecule has 1 amide bonds. The molecule has 1 aliphatic heterocycles. The third kappa shape index (κ3) is 3.35. The van der Waals surface area contributed by atoms with E-state index >= 15 is 0 Å². The van der Waals surface area contributed by atoms with Gasteiger partial charge in [-0.3, -0.25) is 14.8 Å². The van der Waals surface area contributed by atoms with Crippen LogP contribution in [0.3, 0.4) is 0 Å². The monoisotopic (exact) mass is 403 g/mol. The average Bonchev–Trinajstić information content (AvgIpc) is 3.35. The summed E-state index contributed by atoms with van der Waals surface area (Å²) in [5.41, 5.74) is 7.83. The minimum atomic E-state index is 0.0971. The molecule has 6 nitrogen and oxygen atoms in total. The van der Waals surface area contributed by atoms with E-state index in [2.05, 4.69) is 63.8 Å². The number of hydrogen-bond acceptors (Lipinski definition) is 3. The number of carbonyl (C=O) groups is 1. The molecular formula is C24H29N5O. The molecule has 1 aromatic carbocycles. The lowest BCUT2D eigenvalue weighted by atomic mass is 9.89. The predicted octanol–water partition coefficient (Wildman–Crippen LogP) is 3.05. The predicted molar refractivity (Wildman–Crippen MR) is 118 cm³/mol. The van der Waals surface area contributed by atoms with Crippen LogP contribution in [0.25, 0.3) is 11.3 Å². The van der Waals surface area contributed by atoms with E-state index in [1.807, 2.05) is 11.0 Å². The summed E-state index contributed by atoms with van der Waals surface area (Å²) >= 11 is 0. The number of benzene rings is 1. The van der Waals surface area contributed by atoms with Crippen molar-refractivity contribution in [2.45, 2.75) is 33.2 Å². The van der Waals surface area contributed by atoms with E-state index in [1.165, 1.54) is 17.0 Å². The molecule has 0 bridgehead atoms. The molecule has 30 heavy (non-hydrogen) atoms. The molecule has 3 aromatic rings. The van der Waals surface area contributed by atoms with Crippen molar-refractivity contribution in [1.82, 2.24) is 24.6 Å². The lowest BCUT2D eigenvalue weighted by Gasteiger charge is -2.35. The van der Waals surface area contributed by atoms with Gasteiger partial charge >= 0.3 is 0 Å². The van der Waals surface area contributed by atoms with Gasteiger partial charge in [0.15, 0.2) is 0 Å². The molecule has 0 spiro atoms. The highest BCUT2D eigenvalue weighted by Gasteiger charge is 2.29. The minimum absolute atomic E-state index is 0.0971. The number of H-pyrrole nitrogens is 1. The van der Waals surface area contributed by atoms with Gasteiger partial charge in [0.2, 0.25) is 0 Å². The normalized spacial score (nSPS) is 16.4. The Morgan fingerprint density at radius 1 is 0.967 bits per heavy atom. The fourth-order valence-corrected chi connectivity index (χ4v) is 4.86. The molecule has 2 aromatic heterocycles. The van der Waals surface area contributed by atoms with Gasteiger partial charge < -0.3 is 9.47 Å². The van der Waals surface area contributed by atoms with Crippen molar-refractivity contribution in [3.8, 4) is 11.3 Å². The van der Waals surface area contributed by atoms with E-state index in [0.717, 1.165) is 68.9 Å². The second-order valence-electron chi connectivity index (χ2n) is 8.48. The van der Waals surface area contributed by atoms with Crippen LogP contribution in [0.4, 0.5) is 0 Å². The molecule has 5 rings (SSSR count). The molecule has 2 aliphatic rings. The second kappa shape index (κ2) is 7.76. The van der Waals surface area contributed by atoms with Crippen LogP contribution in [0.5, 0.6) is 0 Å². The number of aryl methyl sites for hydroxylation is 3. The van der Waals surface area contributed by atoms with Gasteiger partial charge in [-0.25, -0.2) is 0 Å². The van der Waals surface area contributed by atoms with Crippen LogP contribution in [-0.4, -0.2) is 63.2 Å². The van der Waals surface area contributed by atoms with E-state index in [-0.39, 0.29) is 5.91 Å². The summed E-state index contributed by atoms with van der Waals surface area (Å²) in [6.45, 7) is 9.73. The van der Waals surface area contributed by atoms with E-state index in [9.17, 15) is 4.79 Å². The number of amides is 1. The molecular weight excluding hydrogens is 374 g/mol. The summed E-state index contributed by atoms with van der Waals surface area (Å²) in [4.78, 5) is 17.7. The fourth-order valence-electron chi connectivity index (χ4n) is 4.86. The molecule has 1 aliphatic carbocycles. The Kier molecular flexibility index (Phi) is 4.95. The molecule has 156 valence electrons. The van der Waals surface area contributed by atoms with Crippen LogP contribution in [0, 0.1) is 13.8 Å². The van der Waals surface area contributed by atoms with E-state index in [1.54, 1.807) is 0 Å². The topological polar surface area (TPSA) is 57.2 Å². The van der Waals surface area contributed by atoms with Crippen LogP contribution in [0.2, 0.25) is 0 Å². The first-order valence-corrected chi connectivity index (χ1v) is 10.9. The van der Waals surface area contributed by atoms with Gasteiger partial charge in [-0.1, -0.05) is 24.3 Å². The zero-order valence-corrected chi connectivity index (χ0v) is 17.8. The maximum absolute atomic E-state index is 13.2. The van der Waals surface area contributed by atoms with Crippen molar-refractivity contribution < 1.29 is 4.79 Å². The Balaban J connectivity index is 1.23. The standard InChI is InChI=1S/C24H29N5O/c1-17-7-8-18(2)29(17)16-13-27-11-14-28(15-12-27)24(30)23-21-10-9-19-5-3-4-6-20(19)22(21)25-26-23/h3-8H,9-16H2,1-2H3,(H,25,26). The smallest absolute Gasteiger partial charge is 0.272 e. The van der Waals surface area contributed by atoms with E-state index in [4.69, 9.17) is 0 Å². The van der Waals surface area contributed by atoms with Crippen LogP contribution >= 0.6 is 0 Å². The number of aromatic nitrogens is 3. The molecule has 0 atom stereocenters. The van der Waals surface area contributed by atoms with Crippen LogP contribution in [0.1, 0.15) is 33.0 Å². The maximum Gasteiger partial charge on any atom is 0.272 e. The highest BCUT2D eigenvalue weighted by atomic mass is 16.2. The van der Waals surface area contributed by atoms with Gasteiger partial charge in [0, 0.05) is 61.8 Å². The van der Waals surface area contributed by atoms with Gasteiger partial charge in [-0.05, 0) is 44.4 Å². The molecule has 0 unspecified atom stereocenters. The minimum Gasteiger partial charge on any atom is -0.348 e. The Bertz CT molecular complexity index is 1050. The van der Waals surface area contributed by atoms with E-state index in [0.29, 0.717) is 5.69 Å². The lowest BCUT2D eigenvalue weighted by Crippen LogP contribution is -2.49. The number of piperazine rings is 1. The fraction of sp³-hybridized carbons (Fsp3) is 0.417. The zero-order chi connectivity index (χ0) is 20.7. The number of aromatic amines is 1. The van der Waals surface area contributed by atoms with Crippen LogP contribution in [-0.2, 0) is 19.4 Å². The number of fused-ring (bicyclic) bond motifs is 3. The van der Waals surface area contributed by atoms with Gasteiger partial charge in [0.1, 0.15) is 5.69 Å². The molecule has 1 saturated heterocycles. The Morgan fingerprint density at radius 2 is 1.70 bits per heavy atom. The average molecular weight is 404 g/mol. The van der Waals surface area contributed by atoms with Crippen molar-refractivity contribution in [3.63, 3.8) is 0 Å². The summed E-state index contributed by atoms with van der Waals surface area (Å²) in [7, 11) is 0. The van der Waals surface area contributed by atoms with Gasteiger partial charge in [-0.15, -0.1) is 0 Å². The number of carbonyl (C=O) groups excluding carboxylic acids is 1. The molecule has 6 heteroatoms. The largest absolute Gasteiger partial charge is 0.348 e. The molecule has 3 heterocycles. The van der Waals surface area contributed by atoms with Gasteiger partial charge in [-0.2, -0.15) is 5.10 Å². The Labute approximate surface area is 177 Å². The SMILES string of the molecule is Cc1ccc(C)n1CCN1CCN(C(=O)c2[nH]nc3c2CCc2ccccc2-3)CC1. The summed E-state index contributed by atoms with van der Waals surface area (Å²) in [6.07, 6.45) is 1.84. The van der Waals surface area contributed by atoms with Gasteiger partial charge in [0.25, 0.3) is 5.91 Å². The first-order valence-electron chi connectivity index (χ1n) is 10.9. The molecule has 1 N–H and O–H groups in total. The first kappa shape index (κ1) is 19.1. The Morgan fingerprint density at radius 3 is 2.47 bits per heavy atom. The number of hydrogen-bond donors (Lipinski definition) is 1. The van der Waals surface area contributed by atoms with Crippen molar-refractivity contribution in [2.75, 3.05) is 32.7 Å². The first-order chi connectivity index (χ1) is 14.6. The molecule has 0 radical (unpaired) electrons. The van der Waals surface area contributed by atoms with Crippen LogP contribution < -0.4 is 0 Å². The Hall–Kier alpha value is -2.86. The summed E-state index contributed by atoms with van der Waals surface area (Å²) in [5.74, 6) is 0.0971. The third-order valence-corrected chi connectivity index (χ3v) is 6.71. The number of rotatable bonds is 4. The van der Waals surface area contributed by atoms with Crippen molar-refractivity contribution in [2.24, 2.45) is 0 Å². The van der Waals surface area contributed by atoms with Crippen molar-refractivity contribution in [1.29, 1.82) is 0 Å². The van der Waals surface area contributed by atoms with Crippen molar-refractivity contribution in [3.05, 3.63) is 64.6 Å². The van der Waals surface area contributed by atoms with Gasteiger partial charge in [0.05, 0.1) is 5.69 Å². The number of nitrogens with one attached hydrogen (secondary N) is 1. The molecule has 1 fully saturated rings. The maximum atomic E-state index is 13.2. The highest BCUT2D eigenvalue weighted by molar-refractivity contribution is 5.96. The van der Waals surface area contributed by atoms with E-state index < -0.39 is 0 Å². The van der Waals surface area contributed by atoms with Crippen molar-refractivity contribution >= 4 is 5.91 Å². The zero-order valence-electron chi connectivity index (χ0n) is 17.8.